The number of nitrogens with zero attached hydrogens (tertiary/aromatic N) is 6. The summed E-state index contributed by atoms with van der Waals surface area (Å²) in [6, 6.07) is 2.35. The maximum atomic E-state index is 9.51. The van der Waals surface area contributed by atoms with Crippen LogP contribution in [-0.4, -0.2) is 48.4 Å². The molecule has 4 heterocycles. The van der Waals surface area contributed by atoms with Gasteiger partial charge >= 0.3 is 0 Å². The third-order valence-electron chi connectivity index (χ3n) is 5.46. The summed E-state index contributed by atoms with van der Waals surface area (Å²) in [6.45, 7) is 5.37. The molecule has 7 heteroatoms. The number of hydrogen-bond donors (Lipinski definition) is 1. The maximum absolute atomic E-state index is 9.51. The smallest absolute Gasteiger partial charge is 0.160 e. The fourth-order valence-electron chi connectivity index (χ4n) is 3.97. The molecule has 26 heavy (non-hydrogen) atoms. The lowest BCUT2D eigenvalue weighted by molar-refractivity contribution is 0.262. The molecule has 0 spiro atoms. The molecule has 1 unspecified atom stereocenters. The van der Waals surface area contributed by atoms with Gasteiger partial charge in [0.25, 0.3) is 0 Å². The molecule has 3 aromatic heterocycles. The number of rotatable bonds is 4. The van der Waals surface area contributed by atoms with Gasteiger partial charge in [-0.3, -0.25) is 0 Å². The number of aryl methyl sites for hydroxylation is 2. The van der Waals surface area contributed by atoms with Gasteiger partial charge in [-0.1, -0.05) is 0 Å². The predicted octanol–water partition coefficient (Wildman–Crippen LogP) is 2.49. The van der Waals surface area contributed by atoms with E-state index in [1.807, 2.05) is 28.4 Å². The molecule has 1 saturated heterocycles. The Morgan fingerprint density at radius 2 is 2.12 bits per heavy atom. The van der Waals surface area contributed by atoms with Gasteiger partial charge in [0.05, 0.1) is 0 Å². The summed E-state index contributed by atoms with van der Waals surface area (Å²) < 4.78 is 3.93. The van der Waals surface area contributed by atoms with Gasteiger partial charge in [-0.15, -0.1) is 0 Å². The standard InChI is InChI=1S/C19H26N6O/c1-13-14(2)21-17-12-16(18-20-8-10-23(18)3)22-25(17)19(13)24-9-5-4-6-15(24)7-11-26/h8,10,12,15,26H,4-7,9,11H2,1-3H3. The molecule has 0 amide bonds. The second-order valence-electron chi connectivity index (χ2n) is 7.16. The third-order valence-corrected chi connectivity index (χ3v) is 5.46. The van der Waals surface area contributed by atoms with Crippen LogP contribution in [0.3, 0.4) is 0 Å². The molecule has 0 saturated carbocycles. The van der Waals surface area contributed by atoms with Gasteiger partial charge in [-0.2, -0.15) is 9.61 Å². The Kier molecular flexibility index (Phi) is 4.40. The first-order valence-electron chi connectivity index (χ1n) is 9.32. The zero-order chi connectivity index (χ0) is 18.3. The summed E-state index contributed by atoms with van der Waals surface area (Å²) in [5, 5.41) is 14.4. The highest BCUT2D eigenvalue weighted by Gasteiger charge is 2.27. The van der Waals surface area contributed by atoms with Crippen LogP contribution in [0.4, 0.5) is 5.82 Å². The lowest BCUT2D eigenvalue weighted by atomic mass is 9.99. The van der Waals surface area contributed by atoms with Crippen molar-refractivity contribution in [3.63, 3.8) is 0 Å². The van der Waals surface area contributed by atoms with Crippen molar-refractivity contribution in [3.05, 3.63) is 29.7 Å². The maximum Gasteiger partial charge on any atom is 0.160 e. The van der Waals surface area contributed by atoms with Gasteiger partial charge in [0.1, 0.15) is 11.5 Å². The minimum atomic E-state index is 0.213. The molecule has 138 valence electrons. The topological polar surface area (TPSA) is 71.5 Å². The van der Waals surface area contributed by atoms with E-state index in [0.29, 0.717) is 6.04 Å². The first kappa shape index (κ1) is 17.0. The van der Waals surface area contributed by atoms with E-state index in [1.165, 1.54) is 6.42 Å². The molecule has 0 aliphatic carbocycles. The van der Waals surface area contributed by atoms with Crippen LogP contribution in [0, 0.1) is 13.8 Å². The summed E-state index contributed by atoms with van der Waals surface area (Å²) in [6.07, 6.45) is 7.98. The number of hydrogen-bond acceptors (Lipinski definition) is 5. The third kappa shape index (κ3) is 2.76. The highest BCUT2D eigenvalue weighted by molar-refractivity contribution is 5.64. The van der Waals surface area contributed by atoms with Crippen molar-refractivity contribution in [3.8, 4) is 11.5 Å². The van der Waals surface area contributed by atoms with E-state index in [0.717, 1.165) is 60.0 Å². The monoisotopic (exact) mass is 354 g/mol. The minimum absolute atomic E-state index is 0.213. The van der Waals surface area contributed by atoms with E-state index in [9.17, 15) is 5.11 Å². The number of imidazole rings is 1. The SMILES string of the molecule is Cc1nc2cc(-c3nccn3C)nn2c(N2CCCCC2CCO)c1C. The molecule has 7 nitrogen and oxygen atoms in total. The number of aliphatic hydroxyl groups is 1. The van der Waals surface area contributed by atoms with Crippen molar-refractivity contribution in [2.45, 2.75) is 45.6 Å². The molecule has 1 aliphatic heterocycles. The number of anilines is 1. The second kappa shape index (κ2) is 6.72. The Morgan fingerprint density at radius 1 is 1.27 bits per heavy atom. The Bertz CT molecular complexity index is 926. The number of aromatic nitrogens is 5. The van der Waals surface area contributed by atoms with Gasteiger partial charge in [-0.05, 0) is 39.5 Å². The minimum Gasteiger partial charge on any atom is -0.396 e. The van der Waals surface area contributed by atoms with E-state index in [1.54, 1.807) is 6.20 Å². The molecule has 0 bridgehead atoms. The Balaban J connectivity index is 1.88. The van der Waals surface area contributed by atoms with Crippen LogP contribution in [-0.2, 0) is 7.05 Å². The van der Waals surface area contributed by atoms with Crippen LogP contribution in [0.5, 0.6) is 0 Å². The van der Waals surface area contributed by atoms with Crippen LogP contribution in [0.1, 0.15) is 36.9 Å². The highest BCUT2D eigenvalue weighted by atomic mass is 16.3. The number of piperidine rings is 1. The van der Waals surface area contributed by atoms with Gasteiger partial charge in [0.2, 0.25) is 0 Å². The van der Waals surface area contributed by atoms with Gasteiger partial charge in [0, 0.05) is 56.0 Å². The van der Waals surface area contributed by atoms with Crippen molar-refractivity contribution in [2.75, 3.05) is 18.1 Å². The van der Waals surface area contributed by atoms with Crippen LogP contribution >= 0.6 is 0 Å². The molecule has 1 aliphatic rings. The van der Waals surface area contributed by atoms with E-state index in [2.05, 4.69) is 23.7 Å². The Labute approximate surface area is 153 Å². The molecule has 3 aromatic rings. The summed E-state index contributed by atoms with van der Waals surface area (Å²) in [5.41, 5.74) is 3.84. The van der Waals surface area contributed by atoms with Gasteiger partial charge in [0.15, 0.2) is 11.5 Å². The van der Waals surface area contributed by atoms with Crippen LogP contribution in [0.2, 0.25) is 0 Å². The van der Waals surface area contributed by atoms with Crippen LogP contribution in [0.25, 0.3) is 17.2 Å². The van der Waals surface area contributed by atoms with E-state index >= 15 is 0 Å². The van der Waals surface area contributed by atoms with E-state index in [4.69, 9.17) is 10.1 Å². The summed E-state index contributed by atoms with van der Waals surface area (Å²) in [4.78, 5) is 11.6. The lowest BCUT2D eigenvalue weighted by Gasteiger charge is -2.38. The molecule has 0 radical (unpaired) electrons. The number of aliphatic hydroxyl groups excluding tert-OH is 1. The fraction of sp³-hybridized carbons (Fsp3) is 0.526. The van der Waals surface area contributed by atoms with Crippen molar-refractivity contribution >= 4 is 11.5 Å². The Hall–Kier alpha value is -2.41. The summed E-state index contributed by atoms with van der Waals surface area (Å²) in [5.74, 6) is 1.94. The molecule has 1 N–H and O–H groups in total. The quantitative estimate of drug-likeness (QED) is 0.779. The van der Waals surface area contributed by atoms with E-state index in [-0.39, 0.29) is 6.61 Å². The van der Waals surface area contributed by atoms with Gasteiger partial charge in [-0.25, -0.2) is 9.97 Å². The van der Waals surface area contributed by atoms with Crippen molar-refractivity contribution in [1.29, 1.82) is 0 Å². The largest absolute Gasteiger partial charge is 0.396 e. The average Bonchev–Trinajstić information content (AvgIpc) is 3.23. The molecule has 0 aromatic carbocycles. The fourth-order valence-corrected chi connectivity index (χ4v) is 3.97. The molecule has 4 rings (SSSR count). The first-order chi connectivity index (χ1) is 12.6. The zero-order valence-corrected chi connectivity index (χ0v) is 15.7. The highest BCUT2D eigenvalue weighted by Crippen LogP contribution is 2.31. The zero-order valence-electron chi connectivity index (χ0n) is 15.7. The number of fused-ring (bicyclic) bond motifs is 1. The summed E-state index contributed by atoms with van der Waals surface area (Å²) >= 11 is 0. The Morgan fingerprint density at radius 3 is 2.85 bits per heavy atom. The van der Waals surface area contributed by atoms with Crippen molar-refractivity contribution in [2.24, 2.45) is 7.05 Å². The molecule has 1 fully saturated rings. The second-order valence-corrected chi connectivity index (χ2v) is 7.16. The normalized spacial score (nSPS) is 18.0. The lowest BCUT2D eigenvalue weighted by Crippen LogP contribution is -2.42. The molecule has 1 atom stereocenters. The molecular weight excluding hydrogens is 328 g/mol. The van der Waals surface area contributed by atoms with E-state index < -0.39 is 0 Å². The molecular formula is C19H26N6O. The first-order valence-corrected chi connectivity index (χ1v) is 9.32. The predicted molar refractivity (Wildman–Crippen MR) is 101 cm³/mol. The summed E-state index contributed by atoms with van der Waals surface area (Å²) in [7, 11) is 1.97. The van der Waals surface area contributed by atoms with Crippen LogP contribution < -0.4 is 4.90 Å². The van der Waals surface area contributed by atoms with Crippen molar-refractivity contribution in [1.82, 2.24) is 24.1 Å². The van der Waals surface area contributed by atoms with Crippen molar-refractivity contribution < 1.29 is 5.11 Å². The van der Waals surface area contributed by atoms with Crippen LogP contribution in [0.15, 0.2) is 18.5 Å². The average molecular weight is 354 g/mol. The van der Waals surface area contributed by atoms with Gasteiger partial charge < -0.3 is 14.6 Å².